The smallest absolute Gasteiger partial charge is 0.270 e. The van der Waals surface area contributed by atoms with Crippen molar-refractivity contribution in [1.29, 1.82) is 0 Å². The number of likely N-dealkylation sites (N-methyl/N-ethyl adjacent to an activating group) is 1. The molecule has 0 radical (unpaired) electrons. The molecular weight excluding hydrogens is 389 g/mol. The van der Waals surface area contributed by atoms with E-state index < -0.39 is 4.92 Å². The van der Waals surface area contributed by atoms with E-state index in [4.69, 9.17) is 23.2 Å². The Hall–Kier alpha value is -2.15. The topological polar surface area (TPSA) is 75.5 Å². The normalized spacial score (nSPS) is 12.0. The van der Waals surface area contributed by atoms with E-state index in [2.05, 4.69) is 10.2 Å². The summed E-state index contributed by atoms with van der Waals surface area (Å²) >= 11 is 12.4. The minimum atomic E-state index is -0.554. The molecule has 2 rings (SSSR count). The van der Waals surface area contributed by atoms with E-state index in [0.717, 1.165) is 18.7 Å². The van der Waals surface area contributed by atoms with E-state index >= 15 is 0 Å². The molecule has 0 aromatic heterocycles. The lowest BCUT2D eigenvalue weighted by Crippen LogP contribution is -2.38. The molecule has 0 heterocycles. The van der Waals surface area contributed by atoms with Gasteiger partial charge in [0.05, 0.1) is 21.6 Å². The maximum atomic E-state index is 12.5. The van der Waals surface area contributed by atoms with Crippen molar-refractivity contribution in [3.05, 3.63) is 73.8 Å². The molecule has 8 heteroatoms. The van der Waals surface area contributed by atoms with E-state index in [0.29, 0.717) is 11.6 Å². The maximum absolute atomic E-state index is 12.5. The number of hydrogen-bond acceptors (Lipinski definition) is 4. The molecule has 0 saturated carbocycles. The fourth-order valence-electron chi connectivity index (χ4n) is 2.93. The third kappa shape index (κ3) is 5.19. The number of benzene rings is 2. The van der Waals surface area contributed by atoms with E-state index in [1.54, 1.807) is 0 Å². The molecule has 1 N–H and O–H groups in total. The van der Waals surface area contributed by atoms with Crippen LogP contribution in [0.25, 0.3) is 0 Å². The second kappa shape index (κ2) is 9.69. The van der Waals surface area contributed by atoms with Crippen molar-refractivity contribution in [3.8, 4) is 0 Å². The zero-order chi connectivity index (χ0) is 20.0. The molecule has 144 valence electrons. The lowest BCUT2D eigenvalue weighted by molar-refractivity contribution is -0.384. The summed E-state index contributed by atoms with van der Waals surface area (Å²) in [6, 6.07) is 11.2. The van der Waals surface area contributed by atoms with Crippen molar-refractivity contribution in [3.63, 3.8) is 0 Å². The molecule has 0 aliphatic carbocycles. The van der Waals surface area contributed by atoms with Crippen LogP contribution in [0.4, 0.5) is 5.69 Å². The van der Waals surface area contributed by atoms with Gasteiger partial charge in [-0.25, -0.2) is 0 Å². The molecule has 0 spiro atoms. The fourth-order valence-corrected chi connectivity index (χ4v) is 3.45. The largest absolute Gasteiger partial charge is 0.350 e. The number of nitrogens with one attached hydrogen (secondary N) is 1. The van der Waals surface area contributed by atoms with Crippen LogP contribution in [0, 0.1) is 10.1 Å². The predicted octanol–water partition coefficient (Wildman–Crippen LogP) is 4.71. The van der Waals surface area contributed by atoms with Crippen LogP contribution in [-0.4, -0.2) is 35.4 Å². The monoisotopic (exact) mass is 409 g/mol. The Balaban J connectivity index is 2.20. The van der Waals surface area contributed by atoms with Crippen LogP contribution in [0.5, 0.6) is 0 Å². The van der Waals surface area contributed by atoms with Crippen molar-refractivity contribution in [2.24, 2.45) is 0 Å². The summed E-state index contributed by atoms with van der Waals surface area (Å²) in [5, 5.41) is 14.4. The molecule has 2 aromatic rings. The highest BCUT2D eigenvalue weighted by molar-refractivity contribution is 6.34. The Kier molecular flexibility index (Phi) is 7.59. The van der Waals surface area contributed by atoms with Crippen LogP contribution in [0.3, 0.4) is 0 Å². The van der Waals surface area contributed by atoms with Gasteiger partial charge in [0, 0.05) is 23.7 Å². The quantitative estimate of drug-likeness (QED) is 0.505. The van der Waals surface area contributed by atoms with E-state index in [-0.39, 0.29) is 28.2 Å². The summed E-state index contributed by atoms with van der Waals surface area (Å²) in [6.07, 6.45) is 0. The van der Waals surface area contributed by atoms with Crippen LogP contribution in [-0.2, 0) is 0 Å². The molecule has 0 aliphatic heterocycles. The lowest BCUT2D eigenvalue weighted by atomic mass is 10.0. The van der Waals surface area contributed by atoms with Gasteiger partial charge in [-0.05, 0) is 30.8 Å². The Morgan fingerprint density at radius 3 is 2.37 bits per heavy atom. The summed E-state index contributed by atoms with van der Waals surface area (Å²) in [4.78, 5) is 25.0. The Bertz CT molecular complexity index is 826. The van der Waals surface area contributed by atoms with Crippen LogP contribution in [0.1, 0.15) is 35.8 Å². The number of amides is 1. The molecule has 0 fully saturated rings. The van der Waals surface area contributed by atoms with Crippen molar-refractivity contribution < 1.29 is 9.72 Å². The van der Waals surface area contributed by atoms with Gasteiger partial charge in [0.2, 0.25) is 0 Å². The summed E-state index contributed by atoms with van der Waals surface area (Å²) in [5.41, 5.74) is 0.964. The number of nitro groups is 1. The molecule has 0 unspecified atom stereocenters. The first-order valence-electron chi connectivity index (χ1n) is 8.59. The van der Waals surface area contributed by atoms with Gasteiger partial charge in [-0.3, -0.25) is 19.8 Å². The van der Waals surface area contributed by atoms with Gasteiger partial charge in [-0.15, -0.1) is 0 Å². The second-order valence-electron chi connectivity index (χ2n) is 5.89. The molecule has 1 atom stereocenters. The van der Waals surface area contributed by atoms with Crippen LogP contribution < -0.4 is 5.32 Å². The Morgan fingerprint density at radius 2 is 1.81 bits per heavy atom. The molecule has 27 heavy (non-hydrogen) atoms. The average molecular weight is 410 g/mol. The van der Waals surface area contributed by atoms with Crippen molar-refractivity contribution >= 4 is 34.8 Å². The summed E-state index contributed by atoms with van der Waals surface area (Å²) in [7, 11) is 0. The third-order valence-corrected chi connectivity index (χ3v) is 5.04. The highest BCUT2D eigenvalue weighted by Crippen LogP contribution is 2.27. The van der Waals surface area contributed by atoms with Gasteiger partial charge >= 0.3 is 0 Å². The molecule has 0 bridgehead atoms. The zero-order valence-electron chi connectivity index (χ0n) is 15.1. The minimum absolute atomic E-state index is 0.0406. The van der Waals surface area contributed by atoms with Crippen molar-refractivity contribution in [1.82, 2.24) is 10.2 Å². The van der Waals surface area contributed by atoms with Crippen LogP contribution >= 0.6 is 23.2 Å². The average Bonchev–Trinajstić information content (AvgIpc) is 2.65. The van der Waals surface area contributed by atoms with Gasteiger partial charge in [-0.2, -0.15) is 0 Å². The van der Waals surface area contributed by atoms with Crippen molar-refractivity contribution in [2.45, 2.75) is 19.9 Å². The van der Waals surface area contributed by atoms with Gasteiger partial charge < -0.3 is 5.32 Å². The van der Waals surface area contributed by atoms with Gasteiger partial charge in [-0.1, -0.05) is 55.2 Å². The number of nitro benzene ring substituents is 1. The van der Waals surface area contributed by atoms with Crippen LogP contribution in [0.15, 0.2) is 42.5 Å². The highest BCUT2D eigenvalue weighted by Gasteiger charge is 2.22. The molecule has 2 aromatic carbocycles. The molecule has 0 saturated heterocycles. The molecule has 0 aliphatic rings. The number of non-ortho nitro benzene ring substituents is 1. The number of carbonyl (C=O) groups excluding carboxylic acids is 1. The van der Waals surface area contributed by atoms with E-state index in [1.165, 1.54) is 18.2 Å². The van der Waals surface area contributed by atoms with E-state index in [1.807, 2.05) is 38.1 Å². The van der Waals surface area contributed by atoms with E-state index in [9.17, 15) is 14.9 Å². The molecular formula is C19H21Cl2N3O3. The Morgan fingerprint density at radius 1 is 1.15 bits per heavy atom. The van der Waals surface area contributed by atoms with Gasteiger partial charge in [0.15, 0.2) is 0 Å². The first kappa shape index (κ1) is 21.2. The van der Waals surface area contributed by atoms with Crippen molar-refractivity contribution in [2.75, 3.05) is 19.6 Å². The van der Waals surface area contributed by atoms with Gasteiger partial charge in [0.25, 0.3) is 11.6 Å². The first-order valence-corrected chi connectivity index (χ1v) is 9.35. The van der Waals surface area contributed by atoms with Gasteiger partial charge in [0.1, 0.15) is 0 Å². The lowest BCUT2D eigenvalue weighted by Gasteiger charge is -2.31. The Labute approximate surface area is 168 Å². The maximum Gasteiger partial charge on any atom is 0.270 e. The SMILES string of the molecule is CCN(CC)[C@H](CNC(=O)c1ccc([N+](=O)[O-])cc1Cl)c1ccccc1Cl. The standard InChI is InChI=1S/C19H21Cl2N3O3/c1-3-23(4-2)18(14-7-5-6-8-16(14)20)12-22-19(25)15-10-9-13(24(26)27)11-17(15)21/h5-11,18H,3-4,12H2,1-2H3,(H,22,25)/t18-/m1/s1. The van der Waals surface area contributed by atoms with Crippen LogP contribution in [0.2, 0.25) is 10.0 Å². The zero-order valence-corrected chi connectivity index (χ0v) is 16.6. The summed E-state index contributed by atoms with van der Waals surface area (Å²) < 4.78 is 0. The summed E-state index contributed by atoms with van der Waals surface area (Å²) in [6.45, 7) is 6.00. The number of rotatable bonds is 8. The third-order valence-electron chi connectivity index (χ3n) is 4.38. The predicted molar refractivity (Wildman–Crippen MR) is 108 cm³/mol. The first-order chi connectivity index (χ1) is 12.9. The number of carbonyl (C=O) groups is 1. The fraction of sp³-hybridized carbons (Fsp3) is 0.316. The highest BCUT2D eigenvalue weighted by atomic mass is 35.5. The molecule has 6 nitrogen and oxygen atoms in total. The summed E-state index contributed by atoms with van der Waals surface area (Å²) in [5.74, 6) is -0.390. The number of hydrogen-bond donors (Lipinski definition) is 1. The number of halogens is 2. The number of nitrogens with zero attached hydrogens (tertiary/aromatic N) is 2. The second-order valence-corrected chi connectivity index (χ2v) is 6.70. The molecule has 1 amide bonds. The minimum Gasteiger partial charge on any atom is -0.350 e.